The molecule has 0 bridgehead atoms. The second kappa shape index (κ2) is 9.97. The number of sulfonamides is 1. The average Bonchev–Trinajstić information content (AvgIpc) is 2.80. The molecule has 0 unspecified atom stereocenters. The van der Waals surface area contributed by atoms with E-state index in [4.69, 9.17) is 4.74 Å². The van der Waals surface area contributed by atoms with Crippen LogP contribution in [-0.2, 0) is 29.4 Å². The number of hydrogen-bond acceptors (Lipinski definition) is 6. The summed E-state index contributed by atoms with van der Waals surface area (Å²) in [5.41, 5.74) is 0. The molecule has 31 heavy (non-hydrogen) atoms. The smallest absolute Gasteiger partial charge is 0.243 e. The predicted molar refractivity (Wildman–Crippen MR) is 117 cm³/mol. The van der Waals surface area contributed by atoms with Crippen LogP contribution in [0.5, 0.6) is 0 Å². The van der Waals surface area contributed by atoms with Crippen LogP contribution >= 0.6 is 0 Å². The van der Waals surface area contributed by atoms with E-state index in [2.05, 4.69) is 0 Å². The van der Waals surface area contributed by atoms with Crippen molar-refractivity contribution in [2.24, 2.45) is 5.92 Å². The van der Waals surface area contributed by atoms with Crippen LogP contribution in [0, 0.1) is 5.92 Å². The summed E-state index contributed by atoms with van der Waals surface area (Å²) < 4.78 is 58.4. The number of benzene rings is 1. The Bertz CT molecular complexity index is 966. The van der Waals surface area contributed by atoms with Crippen LogP contribution in [0.25, 0.3) is 0 Å². The number of sulfone groups is 1. The number of amides is 1. The van der Waals surface area contributed by atoms with Crippen molar-refractivity contribution in [3.8, 4) is 0 Å². The molecular formula is C21H32N2O6S2. The Morgan fingerprint density at radius 3 is 2.16 bits per heavy atom. The molecule has 0 radical (unpaired) electrons. The molecule has 0 saturated carbocycles. The number of hydrogen-bond donors (Lipinski definition) is 0. The summed E-state index contributed by atoms with van der Waals surface area (Å²) in [5, 5.41) is -0.482. The maximum atomic E-state index is 13.2. The summed E-state index contributed by atoms with van der Waals surface area (Å²) >= 11 is 0. The van der Waals surface area contributed by atoms with Crippen LogP contribution < -0.4 is 0 Å². The van der Waals surface area contributed by atoms with Gasteiger partial charge in [-0.3, -0.25) is 4.79 Å². The van der Waals surface area contributed by atoms with Crippen molar-refractivity contribution in [2.45, 2.75) is 54.6 Å². The molecule has 2 aliphatic heterocycles. The van der Waals surface area contributed by atoms with E-state index < -0.39 is 25.1 Å². The summed E-state index contributed by atoms with van der Waals surface area (Å²) in [7, 11) is -7.30. The molecule has 1 amide bonds. The third-order valence-corrected chi connectivity index (χ3v) is 10.5. The summed E-state index contributed by atoms with van der Waals surface area (Å²) in [6.07, 6.45) is 2.28. The number of morpholine rings is 1. The Kier molecular flexibility index (Phi) is 7.77. The Labute approximate surface area is 185 Å². The quantitative estimate of drug-likeness (QED) is 0.601. The lowest BCUT2D eigenvalue weighted by Gasteiger charge is -2.35. The fourth-order valence-electron chi connectivity index (χ4n) is 4.27. The third kappa shape index (κ3) is 5.13. The Balaban J connectivity index is 1.75. The molecule has 0 N–H and O–H groups in total. The van der Waals surface area contributed by atoms with Crippen molar-refractivity contribution in [2.75, 3.05) is 39.4 Å². The van der Waals surface area contributed by atoms with Crippen LogP contribution in [0.4, 0.5) is 0 Å². The standard InChI is InChI=1S/C21H32N2O6S2/c1-3-18(4-2)30(25,26)19-7-9-20(10-8-19)31(27,28)23-11-5-6-17(16-23)21(24)22-12-14-29-15-13-22/h7-10,17-18H,3-6,11-16H2,1-2H3/t17-/m1/s1. The average molecular weight is 473 g/mol. The molecule has 0 aromatic heterocycles. The molecular weight excluding hydrogens is 440 g/mol. The van der Waals surface area contributed by atoms with E-state index in [9.17, 15) is 21.6 Å². The van der Waals surface area contributed by atoms with Crippen LogP contribution in [-0.4, -0.2) is 76.6 Å². The van der Waals surface area contributed by atoms with Crippen molar-refractivity contribution in [3.63, 3.8) is 0 Å². The van der Waals surface area contributed by atoms with Gasteiger partial charge in [0.15, 0.2) is 9.84 Å². The summed E-state index contributed by atoms with van der Waals surface area (Å²) in [5.74, 6) is -0.383. The molecule has 0 aliphatic carbocycles. The van der Waals surface area contributed by atoms with Crippen molar-refractivity contribution in [1.82, 2.24) is 9.21 Å². The van der Waals surface area contributed by atoms with E-state index in [1.165, 1.54) is 28.6 Å². The number of rotatable bonds is 7. The number of piperidine rings is 1. The van der Waals surface area contributed by atoms with Crippen LogP contribution in [0.2, 0.25) is 0 Å². The second-order valence-electron chi connectivity index (χ2n) is 8.09. The van der Waals surface area contributed by atoms with Crippen LogP contribution in [0.15, 0.2) is 34.1 Å². The van der Waals surface area contributed by atoms with Gasteiger partial charge in [-0.25, -0.2) is 16.8 Å². The number of carbonyl (C=O) groups excluding carboxylic acids is 1. The van der Waals surface area contributed by atoms with E-state index in [1.807, 2.05) is 13.8 Å². The number of carbonyl (C=O) groups is 1. The third-order valence-electron chi connectivity index (χ3n) is 6.20. The van der Waals surface area contributed by atoms with Gasteiger partial charge in [0.25, 0.3) is 0 Å². The largest absolute Gasteiger partial charge is 0.378 e. The first-order chi connectivity index (χ1) is 14.7. The van der Waals surface area contributed by atoms with Gasteiger partial charge in [-0.2, -0.15) is 4.31 Å². The molecule has 2 heterocycles. The minimum Gasteiger partial charge on any atom is -0.378 e. The zero-order valence-corrected chi connectivity index (χ0v) is 19.8. The fraction of sp³-hybridized carbons (Fsp3) is 0.667. The highest BCUT2D eigenvalue weighted by Gasteiger charge is 2.35. The van der Waals surface area contributed by atoms with Gasteiger partial charge in [0.1, 0.15) is 0 Å². The molecule has 1 aromatic carbocycles. The van der Waals surface area contributed by atoms with Crippen LogP contribution in [0.1, 0.15) is 39.5 Å². The first-order valence-electron chi connectivity index (χ1n) is 10.9. The summed E-state index contributed by atoms with van der Waals surface area (Å²) in [6.45, 7) is 6.24. The molecule has 2 aliphatic rings. The minimum atomic E-state index is -3.81. The van der Waals surface area contributed by atoms with E-state index in [0.29, 0.717) is 58.5 Å². The lowest BCUT2D eigenvalue weighted by atomic mass is 9.98. The topological polar surface area (TPSA) is 101 Å². The van der Waals surface area contributed by atoms with E-state index in [-0.39, 0.29) is 28.2 Å². The molecule has 10 heteroatoms. The Hall–Kier alpha value is -1.49. The first-order valence-corrected chi connectivity index (χ1v) is 13.9. The monoisotopic (exact) mass is 472 g/mol. The molecule has 8 nitrogen and oxygen atoms in total. The van der Waals surface area contributed by atoms with Gasteiger partial charge in [0.05, 0.1) is 34.2 Å². The maximum Gasteiger partial charge on any atom is 0.243 e. The lowest BCUT2D eigenvalue weighted by molar-refractivity contribution is -0.140. The van der Waals surface area contributed by atoms with Gasteiger partial charge in [-0.05, 0) is 49.9 Å². The lowest BCUT2D eigenvalue weighted by Crippen LogP contribution is -2.49. The SMILES string of the molecule is CCC(CC)S(=O)(=O)c1ccc(S(=O)(=O)N2CCC[C@@H](C(=O)N3CCOCC3)C2)cc1. The second-order valence-corrected chi connectivity index (χ2v) is 12.3. The van der Waals surface area contributed by atoms with E-state index >= 15 is 0 Å². The van der Waals surface area contributed by atoms with Gasteiger partial charge >= 0.3 is 0 Å². The summed E-state index contributed by atoms with van der Waals surface area (Å²) in [6, 6.07) is 5.47. The molecule has 2 saturated heterocycles. The molecule has 3 rings (SSSR count). The van der Waals surface area contributed by atoms with Crippen LogP contribution in [0.3, 0.4) is 0 Å². The zero-order valence-electron chi connectivity index (χ0n) is 18.2. The Morgan fingerprint density at radius 2 is 1.58 bits per heavy atom. The first kappa shape index (κ1) is 24.2. The predicted octanol–water partition coefficient (Wildman–Crippen LogP) is 1.91. The number of nitrogens with zero attached hydrogens (tertiary/aromatic N) is 2. The van der Waals surface area contributed by atoms with Crippen molar-refractivity contribution in [3.05, 3.63) is 24.3 Å². The highest BCUT2D eigenvalue weighted by atomic mass is 32.2. The number of ether oxygens (including phenoxy) is 1. The Morgan fingerprint density at radius 1 is 1.00 bits per heavy atom. The van der Waals surface area contributed by atoms with E-state index in [1.54, 1.807) is 4.90 Å². The van der Waals surface area contributed by atoms with Gasteiger partial charge in [0, 0.05) is 26.2 Å². The molecule has 174 valence electrons. The van der Waals surface area contributed by atoms with Gasteiger partial charge < -0.3 is 9.64 Å². The van der Waals surface area contributed by atoms with Gasteiger partial charge in [0.2, 0.25) is 15.9 Å². The minimum absolute atomic E-state index is 0.0187. The molecule has 1 aromatic rings. The van der Waals surface area contributed by atoms with Crippen molar-refractivity contribution in [1.29, 1.82) is 0 Å². The maximum absolute atomic E-state index is 13.2. The van der Waals surface area contributed by atoms with Crippen molar-refractivity contribution >= 4 is 25.8 Å². The highest BCUT2D eigenvalue weighted by Crippen LogP contribution is 2.27. The normalized spacial score (nSPS) is 21.4. The molecule has 1 atom stereocenters. The van der Waals surface area contributed by atoms with Gasteiger partial charge in [-0.1, -0.05) is 13.8 Å². The molecule has 2 fully saturated rings. The fourth-order valence-corrected chi connectivity index (χ4v) is 7.58. The van der Waals surface area contributed by atoms with Gasteiger partial charge in [-0.15, -0.1) is 0 Å². The summed E-state index contributed by atoms with van der Waals surface area (Å²) in [4.78, 5) is 14.8. The highest BCUT2D eigenvalue weighted by molar-refractivity contribution is 7.92. The van der Waals surface area contributed by atoms with Crippen molar-refractivity contribution < 1.29 is 26.4 Å². The van der Waals surface area contributed by atoms with E-state index in [0.717, 1.165) is 0 Å². The zero-order chi connectivity index (χ0) is 22.6. The molecule has 0 spiro atoms.